The van der Waals surface area contributed by atoms with E-state index < -0.39 is 0 Å². The molecule has 2 aliphatic rings. The highest BCUT2D eigenvalue weighted by Crippen LogP contribution is 2.39. The molecule has 1 heterocycles. The van der Waals surface area contributed by atoms with Gasteiger partial charge in [0, 0.05) is 25.2 Å². The van der Waals surface area contributed by atoms with Gasteiger partial charge in [-0.3, -0.25) is 4.90 Å². The Morgan fingerprint density at radius 2 is 2.06 bits per heavy atom. The first-order valence-electron chi connectivity index (χ1n) is 7.60. The van der Waals surface area contributed by atoms with Crippen LogP contribution in [0.4, 0.5) is 0 Å². The van der Waals surface area contributed by atoms with Crippen molar-refractivity contribution in [1.29, 1.82) is 0 Å². The number of hydrogen-bond donors (Lipinski definition) is 1. The van der Waals surface area contributed by atoms with Gasteiger partial charge in [-0.2, -0.15) is 0 Å². The third-order valence-electron chi connectivity index (χ3n) is 5.43. The summed E-state index contributed by atoms with van der Waals surface area (Å²) in [6.45, 7) is 7.55. The molecule has 4 unspecified atom stereocenters. The Labute approximate surface area is 112 Å². The molecule has 3 heteroatoms. The first kappa shape index (κ1) is 14.3. The second kappa shape index (κ2) is 5.89. The van der Waals surface area contributed by atoms with E-state index in [1.165, 1.54) is 32.1 Å². The van der Waals surface area contributed by atoms with Gasteiger partial charge in [0.1, 0.15) is 0 Å². The summed E-state index contributed by atoms with van der Waals surface area (Å²) in [5, 5.41) is 0. The van der Waals surface area contributed by atoms with Crippen molar-refractivity contribution in [3.63, 3.8) is 0 Å². The summed E-state index contributed by atoms with van der Waals surface area (Å²) in [4.78, 5) is 2.51. The standard InChI is InChI=1S/C15H30N2O/c1-12-6-7-15(11-16,9-13(12)2)17(3)10-14-5-4-8-18-14/h12-14H,4-11,16H2,1-3H3. The van der Waals surface area contributed by atoms with Crippen LogP contribution in [0.2, 0.25) is 0 Å². The second-order valence-corrected chi connectivity index (χ2v) is 6.64. The van der Waals surface area contributed by atoms with Crippen LogP contribution in [0.5, 0.6) is 0 Å². The SMILES string of the molecule is CC1CCC(CN)(N(C)CC2CCCO2)CC1C. The van der Waals surface area contributed by atoms with Crippen molar-refractivity contribution in [2.45, 2.75) is 57.6 Å². The van der Waals surface area contributed by atoms with Gasteiger partial charge in [0.05, 0.1) is 6.10 Å². The van der Waals surface area contributed by atoms with Gasteiger partial charge < -0.3 is 10.5 Å². The lowest BCUT2D eigenvalue weighted by molar-refractivity contribution is 0.000299. The van der Waals surface area contributed by atoms with Crippen molar-refractivity contribution in [3.8, 4) is 0 Å². The number of nitrogens with two attached hydrogens (primary N) is 1. The van der Waals surface area contributed by atoms with E-state index in [0.29, 0.717) is 6.10 Å². The van der Waals surface area contributed by atoms with E-state index in [1.807, 2.05) is 0 Å². The maximum absolute atomic E-state index is 6.14. The van der Waals surface area contributed by atoms with Crippen LogP contribution in [0.25, 0.3) is 0 Å². The highest BCUT2D eigenvalue weighted by atomic mass is 16.5. The molecular formula is C15H30N2O. The molecule has 2 fully saturated rings. The summed E-state index contributed by atoms with van der Waals surface area (Å²) >= 11 is 0. The minimum atomic E-state index is 0.220. The molecule has 1 aliphatic carbocycles. The van der Waals surface area contributed by atoms with Gasteiger partial charge in [-0.25, -0.2) is 0 Å². The number of hydrogen-bond acceptors (Lipinski definition) is 3. The third kappa shape index (κ3) is 2.89. The first-order chi connectivity index (χ1) is 8.57. The Bertz CT molecular complexity index is 265. The summed E-state index contributed by atoms with van der Waals surface area (Å²) in [7, 11) is 2.25. The van der Waals surface area contributed by atoms with Crippen LogP contribution in [0.3, 0.4) is 0 Å². The molecule has 0 radical (unpaired) electrons. The molecule has 1 saturated carbocycles. The number of likely N-dealkylation sites (N-methyl/N-ethyl adjacent to an activating group) is 1. The molecule has 106 valence electrons. The van der Waals surface area contributed by atoms with Crippen molar-refractivity contribution in [3.05, 3.63) is 0 Å². The maximum Gasteiger partial charge on any atom is 0.0702 e. The fraction of sp³-hybridized carbons (Fsp3) is 1.00. The van der Waals surface area contributed by atoms with Gasteiger partial charge in [-0.1, -0.05) is 13.8 Å². The van der Waals surface area contributed by atoms with Crippen LogP contribution >= 0.6 is 0 Å². The van der Waals surface area contributed by atoms with Crippen LogP contribution in [-0.4, -0.2) is 43.3 Å². The van der Waals surface area contributed by atoms with Crippen molar-refractivity contribution in [1.82, 2.24) is 4.90 Å². The highest BCUT2D eigenvalue weighted by molar-refractivity contribution is 4.97. The van der Waals surface area contributed by atoms with Crippen molar-refractivity contribution < 1.29 is 4.74 Å². The van der Waals surface area contributed by atoms with Crippen LogP contribution < -0.4 is 5.73 Å². The van der Waals surface area contributed by atoms with Gasteiger partial charge in [0.15, 0.2) is 0 Å². The quantitative estimate of drug-likeness (QED) is 0.836. The summed E-state index contributed by atoms with van der Waals surface area (Å²) in [5.74, 6) is 1.63. The molecule has 0 bridgehead atoms. The zero-order valence-corrected chi connectivity index (χ0v) is 12.3. The molecule has 0 aromatic carbocycles. The Morgan fingerprint density at radius 1 is 1.28 bits per heavy atom. The van der Waals surface area contributed by atoms with Crippen molar-refractivity contribution >= 4 is 0 Å². The normalized spacial score (nSPS) is 41.5. The molecule has 4 atom stereocenters. The zero-order valence-electron chi connectivity index (χ0n) is 12.3. The molecule has 0 aromatic heterocycles. The number of rotatable bonds is 4. The van der Waals surface area contributed by atoms with E-state index in [2.05, 4.69) is 25.8 Å². The smallest absolute Gasteiger partial charge is 0.0702 e. The second-order valence-electron chi connectivity index (χ2n) is 6.64. The summed E-state index contributed by atoms with van der Waals surface area (Å²) in [5.41, 5.74) is 6.36. The highest BCUT2D eigenvalue weighted by Gasteiger charge is 2.40. The van der Waals surface area contributed by atoms with Crippen molar-refractivity contribution in [2.75, 3.05) is 26.7 Å². The molecule has 2 N–H and O–H groups in total. The predicted octanol–water partition coefficient (Wildman–Crippen LogP) is 2.25. The van der Waals surface area contributed by atoms with E-state index in [1.54, 1.807) is 0 Å². The average Bonchev–Trinajstić information content (AvgIpc) is 2.85. The van der Waals surface area contributed by atoms with Gasteiger partial charge in [-0.15, -0.1) is 0 Å². The van der Waals surface area contributed by atoms with Crippen LogP contribution in [-0.2, 0) is 4.74 Å². The van der Waals surface area contributed by atoms with E-state index in [-0.39, 0.29) is 5.54 Å². The third-order valence-corrected chi connectivity index (χ3v) is 5.43. The van der Waals surface area contributed by atoms with Crippen LogP contribution in [0.15, 0.2) is 0 Å². The lowest BCUT2D eigenvalue weighted by atomic mass is 9.70. The van der Waals surface area contributed by atoms with Crippen molar-refractivity contribution in [2.24, 2.45) is 17.6 Å². The summed E-state index contributed by atoms with van der Waals surface area (Å²) < 4.78 is 5.77. The Balaban J connectivity index is 1.97. The fourth-order valence-electron chi connectivity index (χ4n) is 3.66. The van der Waals surface area contributed by atoms with Gasteiger partial charge >= 0.3 is 0 Å². The molecule has 0 aromatic rings. The Hall–Kier alpha value is -0.120. The molecule has 1 aliphatic heterocycles. The van der Waals surface area contributed by atoms with Gasteiger partial charge in [-0.05, 0) is 51.0 Å². The molecule has 3 nitrogen and oxygen atoms in total. The van der Waals surface area contributed by atoms with E-state index in [9.17, 15) is 0 Å². The number of nitrogens with zero attached hydrogens (tertiary/aromatic N) is 1. The maximum atomic E-state index is 6.14. The van der Waals surface area contributed by atoms with Gasteiger partial charge in [0.2, 0.25) is 0 Å². The van der Waals surface area contributed by atoms with E-state index >= 15 is 0 Å². The summed E-state index contributed by atoms with van der Waals surface area (Å²) in [6.07, 6.45) is 6.69. The largest absolute Gasteiger partial charge is 0.377 e. The molecular weight excluding hydrogens is 224 g/mol. The lowest BCUT2D eigenvalue weighted by Crippen LogP contribution is -2.57. The molecule has 0 spiro atoms. The number of ether oxygens (including phenoxy) is 1. The first-order valence-corrected chi connectivity index (χ1v) is 7.60. The van der Waals surface area contributed by atoms with Gasteiger partial charge in [0.25, 0.3) is 0 Å². The lowest BCUT2D eigenvalue weighted by Gasteiger charge is -2.48. The molecule has 0 amide bonds. The molecule has 18 heavy (non-hydrogen) atoms. The molecule has 2 rings (SSSR count). The predicted molar refractivity (Wildman–Crippen MR) is 75.6 cm³/mol. The van der Waals surface area contributed by atoms with Crippen LogP contribution in [0.1, 0.15) is 46.0 Å². The van der Waals surface area contributed by atoms with E-state index in [4.69, 9.17) is 10.5 Å². The Kier molecular flexibility index (Phi) is 4.68. The minimum Gasteiger partial charge on any atom is -0.377 e. The average molecular weight is 254 g/mol. The topological polar surface area (TPSA) is 38.5 Å². The zero-order chi connectivity index (χ0) is 13.2. The van der Waals surface area contributed by atoms with Crippen LogP contribution in [0, 0.1) is 11.8 Å². The molecule has 1 saturated heterocycles. The fourth-order valence-corrected chi connectivity index (χ4v) is 3.66. The monoisotopic (exact) mass is 254 g/mol. The van der Waals surface area contributed by atoms with E-state index in [0.717, 1.165) is 31.5 Å². The Morgan fingerprint density at radius 3 is 2.61 bits per heavy atom. The summed E-state index contributed by atoms with van der Waals surface area (Å²) in [6, 6.07) is 0. The minimum absolute atomic E-state index is 0.220.